The number of carbonyl (C=O) groups is 1. The molecule has 0 atom stereocenters. The lowest BCUT2D eigenvalue weighted by molar-refractivity contribution is -0.119. The number of benzene rings is 2. The van der Waals surface area contributed by atoms with Crippen molar-refractivity contribution < 1.29 is 17.9 Å². The molecule has 1 amide bonds. The Balaban J connectivity index is 1.71. The number of likely N-dealkylation sites (tertiary alicyclic amines) is 1. The minimum Gasteiger partial charge on any atom is -0.497 e. The molecule has 1 aliphatic rings. The summed E-state index contributed by atoms with van der Waals surface area (Å²) in [6, 6.07) is 14.8. The number of nitrogens with one attached hydrogen (secondary N) is 1. The van der Waals surface area contributed by atoms with E-state index in [9.17, 15) is 13.2 Å². The summed E-state index contributed by atoms with van der Waals surface area (Å²) in [4.78, 5) is 15.1. The van der Waals surface area contributed by atoms with Gasteiger partial charge < -0.3 is 15.0 Å². The van der Waals surface area contributed by atoms with Crippen LogP contribution < -0.4 is 14.4 Å². The number of sulfonamides is 1. The second-order valence-electron chi connectivity index (χ2n) is 7.28. The maximum atomic E-state index is 13.3. The summed E-state index contributed by atoms with van der Waals surface area (Å²) < 4.78 is 32.9. The molecule has 2 aromatic rings. The van der Waals surface area contributed by atoms with Gasteiger partial charge in [-0.3, -0.25) is 9.10 Å². The quantitative estimate of drug-likeness (QED) is 0.585. The van der Waals surface area contributed by atoms with Gasteiger partial charge in [0.25, 0.3) is 10.0 Å². The Morgan fingerprint density at radius 1 is 1.10 bits per heavy atom. The van der Waals surface area contributed by atoms with E-state index in [0.29, 0.717) is 18.0 Å². The van der Waals surface area contributed by atoms with Crippen molar-refractivity contribution in [3.63, 3.8) is 0 Å². The van der Waals surface area contributed by atoms with Gasteiger partial charge in [0.1, 0.15) is 12.3 Å². The van der Waals surface area contributed by atoms with Gasteiger partial charge in [0.2, 0.25) is 5.91 Å². The monoisotopic (exact) mass is 431 g/mol. The smallest absolute Gasteiger partial charge is 0.264 e. The van der Waals surface area contributed by atoms with E-state index in [2.05, 4.69) is 10.2 Å². The van der Waals surface area contributed by atoms with Crippen molar-refractivity contribution in [2.75, 3.05) is 44.1 Å². The lowest BCUT2D eigenvalue weighted by atomic mass is 10.3. The van der Waals surface area contributed by atoms with Crippen molar-refractivity contribution in [2.24, 2.45) is 0 Å². The lowest BCUT2D eigenvalue weighted by Gasteiger charge is -2.24. The number of anilines is 1. The molecule has 0 radical (unpaired) electrons. The fourth-order valence-electron chi connectivity index (χ4n) is 3.52. The molecule has 0 aromatic heterocycles. The third kappa shape index (κ3) is 5.73. The third-order valence-corrected chi connectivity index (χ3v) is 6.92. The second-order valence-corrected chi connectivity index (χ2v) is 9.14. The van der Waals surface area contributed by atoms with Crippen LogP contribution in [0.25, 0.3) is 0 Å². The first-order valence-corrected chi connectivity index (χ1v) is 11.7. The van der Waals surface area contributed by atoms with E-state index in [1.165, 1.54) is 32.1 Å². The molecule has 0 saturated carbocycles. The maximum absolute atomic E-state index is 13.3. The van der Waals surface area contributed by atoms with Crippen LogP contribution in [0.15, 0.2) is 59.5 Å². The Kier molecular flexibility index (Phi) is 7.70. The molecule has 1 heterocycles. The number of hydrogen-bond acceptors (Lipinski definition) is 5. The lowest BCUT2D eigenvalue weighted by Crippen LogP contribution is -2.41. The number of nitrogens with zero attached hydrogens (tertiary/aromatic N) is 2. The van der Waals surface area contributed by atoms with Crippen LogP contribution in [0.2, 0.25) is 0 Å². The van der Waals surface area contributed by atoms with E-state index in [1.807, 2.05) is 0 Å². The van der Waals surface area contributed by atoms with Gasteiger partial charge in [0.05, 0.1) is 17.7 Å². The van der Waals surface area contributed by atoms with E-state index in [1.54, 1.807) is 42.5 Å². The molecule has 7 nitrogen and oxygen atoms in total. The van der Waals surface area contributed by atoms with Crippen molar-refractivity contribution >= 4 is 21.6 Å². The largest absolute Gasteiger partial charge is 0.497 e. The second kappa shape index (κ2) is 10.4. The Labute approximate surface area is 178 Å². The highest BCUT2D eigenvalue weighted by molar-refractivity contribution is 7.92. The SMILES string of the molecule is COc1cccc(N(CC(=O)NCCCN2CCCC2)S(=O)(=O)c2ccccc2)c1. The van der Waals surface area contributed by atoms with Gasteiger partial charge in [-0.25, -0.2) is 8.42 Å². The summed E-state index contributed by atoms with van der Waals surface area (Å²) in [5.41, 5.74) is 0.380. The molecule has 3 rings (SSSR count). The normalized spacial score (nSPS) is 14.4. The minimum atomic E-state index is -3.91. The standard InChI is InChI=1S/C22H29N3O4S/c1-29-20-10-7-9-19(17-20)25(30(27,28)21-11-3-2-4-12-21)18-22(26)23-13-8-16-24-14-5-6-15-24/h2-4,7,9-12,17H,5-6,8,13-16,18H2,1H3,(H,23,26). The van der Waals surface area contributed by atoms with Gasteiger partial charge in [-0.05, 0) is 63.2 Å². The maximum Gasteiger partial charge on any atom is 0.264 e. The van der Waals surface area contributed by atoms with Gasteiger partial charge in [0.15, 0.2) is 0 Å². The molecule has 1 aliphatic heterocycles. The number of hydrogen-bond donors (Lipinski definition) is 1. The van der Waals surface area contributed by atoms with Crippen LogP contribution in [0.5, 0.6) is 5.75 Å². The Bertz CT molecular complexity index is 928. The molecule has 1 fully saturated rings. The van der Waals surface area contributed by atoms with Crippen LogP contribution in [0.1, 0.15) is 19.3 Å². The first-order valence-electron chi connectivity index (χ1n) is 10.2. The molecule has 0 spiro atoms. The number of methoxy groups -OCH3 is 1. The molecule has 0 aliphatic carbocycles. The Morgan fingerprint density at radius 3 is 2.53 bits per heavy atom. The van der Waals surface area contributed by atoms with Crippen molar-refractivity contribution in [1.29, 1.82) is 0 Å². The van der Waals surface area contributed by atoms with Gasteiger partial charge in [0, 0.05) is 12.6 Å². The predicted octanol–water partition coefficient (Wildman–Crippen LogP) is 2.49. The van der Waals surface area contributed by atoms with E-state index in [4.69, 9.17) is 4.74 Å². The topological polar surface area (TPSA) is 79.0 Å². The summed E-state index contributed by atoms with van der Waals surface area (Å²) in [7, 11) is -2.39. The molecular formula is C22H29N3O4S. The first kappa shape index (κ1) is 22.1. The highest BCUT2D eigenvalue weighted by atomic mass is 32.2. The van der Waals surface area contributed by atoms with Crippen LogP contribution in [-0.2, 0) is 14.8 Å². The molecule has 2 aromatic carbocycles. The first-order chi connectivity index (χ1) is 14.5. The number of ether oxygens (including phenoxy) is 1. The Morgan fingerprint density at radius 2 is 1.83 bits per heavy atom. The van der Waals surface area contributed by atoms with E-state index < -0.39 is 10.0 Å². The van der Waals surface area contributed by atoms with Crippen molar-refractivity contribution in [3.05, 3.63) is 54.6 Å². The van der Waals surface area contributed by atoms with Crippen molar-refractivity contribution in [3.8, 4) is 5.75 Å². The predicted molar refractivity (Wildman–Crippen MR) is 117 cm³/mol. The number of amides is 1. The van der Waals surface area contributed by atoms with Gasteiger partial charge in [-0.15, -0.1) is 0 Å². The zero-order valence-corrected chi connectivity index (χ0v) is 18.1. The summed E-state index contributed by atoms with van der Waals surface area (Å²) in [6.45, 7) is 3.41. The average Bonchev–Trinajstić information content (AvgIpc) is 3.29. The summed E-state index contributed by atoms with van der Waals surface area (Å²) in [5.74, 6) is 0.186. The summed E-state index contributed by atoms with van der Waals surface area (Å²) >= 11 is 0. The van der Waals surface area contributed by atoms with Crippen molar-refractivity contribution in [1.82, 2.24) is 10.2 Å². The number of rotatable bonds is 10. The molecule has 1 saturated heterocycles. The fraction of sp³-hybridized carbons (Fsp3) is 0.409. The zero-order valence-electron chi connectivity index (χ0n) is 17.3. The van der Waals surface area contributed by atoms with Crippen molar-refractivity contribution in [2.45, 2.75) is 24.2 Å². The zero-order chi connectivity index (χ0) is 21.4. The van der Waals surface area contributed by atoms with Crippen LogP contribution in [-0.4, -0.2) is 59.1 Å². The minimum absolute atomic E-state index is 0.134. The van der Waals surface area contributed by atoms with Crippen LogP contribution >= 0.6 is 0 Å². The summed E-state index contributed by atoms with van der Waals surface area (Å²) in [5, 5.41) is 2.86. The van der Waals surface area contributed by atoms with Crippen LogP contribution in [0, 0.1) is 0 Å². The molecule has 1 N–H and O–H groups in total. The Hall–Kier alpha value is -2.58. The third-order valence-electron chi connectivity index (χ3n) is 5.13. The van der Waals surface area contributed by atoms with E-state index in [0.717, 1.165) is 30.4 Å². The average molecular weight is 432 g/mol. The highest BCUT2D eigenvalue weighted by Gasteiger charge is 2.27. The van der Waals surface area contributed by atoms with Crippen LogP contribution in [0.4, 0.5) is 5.69 Å². The van der Waals surface area contributed by atoms with E-state index in [-0.39, 0.29) is 17.3 Å². The summed E-state index contributed by atoms with van der Waals surface area (Å²) in [6.07, 6.45) is 3.31. The van der Waals surface area contributed by atoms with E-state index >= 15 is 0 Å². The number of carbonyl (C=O) groups excluding carboxylic acids is 1. The highest BCUT2D eigenvalue weighted by Crippen LogP contribution is 2.26. The van der Waals surface area contributed by atoms with Crippen LogP contribution in [0.3, 0.4) is 0 Å². The van der Waals surface area contributed by atoms with Gasteiger partial charge >= 0.3 is 0 Å². The molecule has 8 heteroatoms. The molecular weight excluding hydrogens is 402 g/mol. The fourth-order valence-corrected chi connectivity index (χ4v) is 4.96. The van der Waals surface area contributed by atoms with Gasteiger partial charge in [-0.1, -0.05) is 24.3 Å². The molecule has 0 unspecified atom stereocenters. The molecule has 162 valence electrons. The molecule has 0 bridgehead atoms. The van der Waals surface area contributed by atoms with Gasteiger partial charge in [-0.2, -0.15) is 0 Å². The molecule has 30 heavy (non-hydrogen) atoms.